The van der Waals surface area contributed by atoms with Crippen molar-refractivity contribution < 1.29 is 26.0 Å². The van der Waals surface area contributed by atoms with E-state index in [1.807, 2.05) is 6.92 Å². The molecule has 0 saturated heterocycles. The van der Waals surface area contributed by atoms with Gasteiger partial charge < -0.3 is 5.32 Å². The maximum absolute atomic E-state index is 13.6. The highest BCUT2D eigenvalue weighted by molar-refractivity contribution is 7.93. The number of hydrogen-bond acceptors (Lipinski definition) is 5. The Morgan fingerprint density at radius 1 is 0.800 bits per heavy atom. The zero-order valence-electron chi connectivity index (χ0n) is 21.4. The fraction of sp³-hybridized carbons (Fsp3) is 0.107. The maximum atomic E-state index is 13.6. The van der Waals surface area contributed by atoms with Crippen LogP contribution in [0.5, 0.6) is 0 Å². The molecule has 0 unspecified atom stereocenters. The Bertz CT molecular complexity index is 1750. The molecule has 4 aromatic carbocycles. The molecule has 4 rings (SSSR count). The molecule has 208 valence electrons. The van der Waals surface area contributed by atoms with E-state index in [1.165, 1.54) is 54.6 Å². The van der Waals surface area contributed by atoms with Crippen molar-refractivity contribution in [3.63, 3.8) is 0 Å². The van der Waals surface area contributed by atoms with Gasteiger partial charge in [-0.2, -0.15) is 0 Å². The fourth-order valence-corrected chi connectivity index (χ4v) is 6.32. The standard InChI is InChI=1S/C28H25ClFN3O5S2/c1-19-3-13-26(14-4-19)40(37,38)33(24-12-5-20(2)27(29)17-24)18-28(34)31-22-10-15-25(16-11-22)39(35,36)32-23-8-6-21(30)7-9-23/h3-17,32H,18H2,1-2H3,(H,31,34). The minimum absolute atomic E-state index is 0.00538. The van der Waals surface area contributed by atoms with E-state index < -0.39 is 38.3 Å². The van der Waals surface area contributed by atoms with Crippen molar-refractivity contribution in [2.24, 2.45) is 0 Å². The molecule has 2 N–H and O–H groups in total. The number of anilines is 3. The van der Waals surface area contributed by atoms with Gasteiger partial charge in [0.05, 0.1) is 15.5 Å². The molecule has 40 heavy (non-hydrogen) atoms. The molecule has 0 aliphatic rings. The van der Waals surface area contributed by atoms with Crippen molar-refractivity contribution in [1.82, 2.24) is 0 Å². The number of aryl methyl sites for hydroxylation is 2. The highest BCUT2D eigenvalue weighted by Crippen LogP contribution is 2.28. The Balaban J connectivity index is 1.54. The summed E-state index contributed by atoms with van der Waals surface area (Å²) in [6.07, 6.45) is 0. The number of nitrogens with one attached hydrogen (secondary N) is 2. The average Bonchev–Trinajstić information content (AvgIpc) is 2.91. The fourth-order valence-electron chi connectivity index (χ4n) is 3.67. The number of rotatable bonds is 9. The highest BCUT2D eigenvalue weighted by Gasteiger charge is 2.28. The molecule has 0 saturated carbocycles. The second-order valence-electron chi connectivity index (χ2n) is 8.94. The Hall–Kier alpha value is -3.93. The van der Waals surface area contributed by atoms with Crippen molar-refractivity contribution in [3.8, 4) is 0 Å². The maximum Gasteiger partial charge on any atom is 0.264 e. The second kappa shape index (κ2) is 11.7. The van der Waals surface area contributed by atoms with Crippen LogP contribution in [0.15, 0.2) is 101 Å². The van der Waals surface area contributed by atoms with Crippen molar-refractivity contribution in [1.29, 1.82) is 0 Å². The number of amides is 1. The lowest BCUT2D eigenvalue weighted by Crippen LogP contribution is -2.38. The highest BCUT2D eigenvalue weighted by atomic mass is 35.5. The van der Waals surface area contributed by atoms with Gasteiger partial charge in [-0.25, -0.2) is 21.2 Å². The first-order valence-corrected chi connectivity index (χ1v) is 15.2. The molecule has 0 fully saturated rings. The molecule has 0 aliphatic carbocycles. The van der Waals surface area contributed by atoms with E-state index >= 15 is 0 Å². The van der Waals surface area contributed by atoms with Gasteiger partial charge in [0.25, 0.3) is 20.0 Å². The zero-order chi connectivity index (χ0) is 29.1. The van der Waals surface area contributed by atoms with Gasteiger partial charge >= 0.3 is 0 Å². The van der Waals surface area contributed by atoms with E-state index in [0.717, 1.165) is 27.6 Å². The molecule has 0 bridgehead atoms. The van der Waals surface area contributed by atoms with Crippen LogP contribution in [0.2, 0.25) is 5.02 Å². The minimum atomic E-state index is -4.14. The van der Waals surface area contributed by atoms with Crippen LogP contribution in [0.4, 0.5) is 21.5 Å². The molecule has 0 aromatic heterocycles. The third kappa shape index (κ3) is 6.79. The molecule has 0 aliphatic heterocycles. The van der Waals surface area contributed by atoms with Crippen LogP contribution in [-0.4, -0.2) is 29.3 Å². The topological polar surface area (TPSA) is 113 Å². The van der Waals surface area contributed by atoms with E-state index in [1.54, 1.807) is 31.2 Å². The SMILES string of the molecule is Cc1ccc(S(=O)(=O)N(CC(=O)Nc2ccc(S(=O)(=O)Nc3ccc(F)cc3)cc2)c2ccc(C)c(Cl)c2)cc1. The van der Waals surface area contributed by atoms with Crippen LogP contribution in [-0.2, 0) is 24.8 Å². The Kier molecular flexibility index (Phi) is 8.48. The summed E-state index contributed by atoms with van der Waals surface area (Å²) < 4.78 is 68.9. The van der Waals surface area contributed by atoms with Gasteiger partial charge in [-0.05, 0) is 92.2 Å². The lowest BCUT2D eigenvalue weighted by molar-refractivity contribution is -0.114. The summed E-state index contributed by atoms with van der Waals surface area (Å²) in [7, 11) is -8.12. The van der Waals surface area contributed by atoms with Crippen LogP contribution in [0.3, 0.4) is 0 Å². The molecule has 0 radical (unpaired) electrons. The van der Waals surface area contributed by atoms with Gasteiger partial charge in [0, 0.05) is 16.4 Å². The summed E-state index contributed by atoms with van der Waals surface area (Å²) >= 11 is 6.26. The van der Waals surface area contributed by atoms with Crippen LogP contribution in [0.1, 0.15) is 11.1 Å². The van der Waals surface area contributed by atoms with Gasteiger partial charge in [0.1, 0.15) is 12.4 Å². The molecule has 8 nitrogen and oxygen atoms in total. The van der Waals surface area contributed by atoms with Crippen LogP contribution in [0, 0.1) is 19.7 Å². The lowest BCUT2D eigenvalue weighted by atomic mass is 10.2. The number of carbonyl (C=O) groups is 1. The summed E-state index contributed by atoms with van der Waals surface area (Å²) in [5.74, 6) is -1.16. The summed E-state index contributed by atoms with van der Waals surface area (Å²) in [5, 5.41) is 2.94. The van der Waals surface area contributed by atoms with Gasteiger partial charge in [-0.3, -0.25) is 13.8 Å². The van der Waals surface area contributed by atoms with E-state index in [4.69, 9.17) is 11.6 Å². The van der Waals surface area contributed by atoms with E-state index in [2.05, 4.69) is 10.0 Å². The van der Waals surface area contributed by atoms with Gasteiger partial charge in [0.2, 0.25) is 5.91 Å². The largest absolute Gasteiger partial charge is 0.325 e. The smallest absolute Gasteiger partial charge is 0.264 e. The predicted octanol–water partition coefficient (Wildman–Crippen LogP) is 5.73. The van der Waals surface area contributed by atoms with Crippen molar-refractivity contribution in [2.45, 2.75) is 23.6 Å². The third-order valence-corrected chi connectivity index (χ3v) is 9.48. The molecule has 0 spiro atoms. The Morgan fingerprint density at radius 3 is 1.98 bits per heavy atom. The van der Waals surface area contributed by atoms with Crippen LogP contribution < -0.4 is 14.3 Å². The number of nitrogens with zero attached hydrogens (tertiary/aromatic N) is 1. The zero-order valence-corrected chi connectivity index (χ0v) is 23.8. The number of benzene rings is 4. The molecular formula is C28H25ClFN3O5S2. The summed E-state index contributed by atoms with van der Waals surface area (Å²) in [4.78, 5) is 12.9. The molecule has 12 heteroatoms. The molecule has 1 amide bonds. The molecular weight excluding hydrogens is 577 g/mol. The van der Waals surface area contributed by atoms with Gasteiger partial charge in [-0.1, -0.05) is 35.4 Å². The van der Waals surface area contributed by atoms with E-state index in [0.29, 0.717) is 5.02 Å². The van der Waals surface area contributed by atoms with Gasteiger partial charge in [-0.15, -0.1) is 0 Å². The van der Waals surface area contributed by atoms with E-state index in [-0.39, 0.29) is 26.9 Å². The van der Waals surface area contributed by atoms with Crippen molar-refractivity contribution >= 4 is 54.6 Å². The average molecular weight is 602 g/mol. The first-order valence-electron chi connectivity index (χ1n) is 11.9. The van der Waals surface area contributed by atoms with Gasteiger partial charge in [0.15, 0.2) is 0 Å². The molecule has 0 atom stereocenters. The van der Waals surface area contributed by atoms with Crippen LogP contribution >= 0.6 is 11.6 Å². The monoisotopic (exact) mass is 601 g/mol. The second-order valence-corrected chi connectivity index (χ2v) is 12.9. The van der Waals surface area contributed by atoms with Crippen molar-refractivity contribution in [2.75, 3.05) is 20.9 Å². The summed E-state index contributed by atoms with van der Waals surface area (Å²) in [6, 6.07) is 21.1. The minimum Gasteiger partial charge on any atom is -0.325 e. The first-order chi connectivity index (χ1) is 18.8. The van der Waals surface area contributed by atoms with E-state index in [9.17, 15) is 26.0 Å². The Morgan fingerprint density at radius 2 is 1.38 bits per heavy atom. The molecule has 0 heterocycles. The number of hydrogen-bond donors (Lipinski definition) is 2. The summed E-state index contributed by atoms with van der Waals surface area (Å²) in [5.41, 5.74) is 2.26. The lowest BCUT2D eigenvalue weighted by Gasteiger charge is -2.24. The van der Waals surface area contributed by atoms with Crippen molar-refractivity contribution in [3.05, 3.63) is 113 Å². The first kappa shape index (κ1) is 29.1. The summed E-state index contributed by atoms with van der Waals surface area (Å²) in [6.45, 7) is 3.04. The normalized spacial score (nSPS) is 11.6. The molecule has 4 aromatic rings. The Labute approximate surface area is 237 Å². The van der Waals surface area contributed by atoms with Crippen LogP contribution in [0.25, 0.3) is 0 Å². The quantitative estimate of drug-likeness (QED) is 0.254. The number of sulfonamides is 2. The number of carbonyl (C=O) groups excluding carboxylic acids is 1. The number of halogens is 2. The predicted molar refractivity (Wildman–Crippen MR) is 154 cm³/mol. The third-order valence-electron chi connectivity index (χ3n) is 5.88.